The molecule has 8 atom stereocenters. The Balaban J connectivity index is 0.000000108. The predicted molar refractivity (Wildman–Crippen MR) is 172 cm³/mol. The molecular formula is C36H68N4. The second-order valence-corrected chi connectivity index (χ2v) is 15.9. The van der Waals surface area contributed by atoms with E-state index in [0.717, 1.165) is 47.8 Å². The lowest BCUT2D eigenvalue weighted by molar-refractivity contribution is 0.0839. The zero-order chi connectivity index (χ0) is 27.9. The van der Waals surface area contributed by atoms with Crippen molar-refractivity contribution in [3.05, 3.63) is 0 Å². The Morgan fingerprint density at radius 1 is 0.325 bits per heavy atom. The molecule has 0 saturated carbocycles. The maximum Gasteiger partial charge on any atom is 0.00988 e. The smallest absolute Gasteiger partial charge is 0.00988 e. The summed E-state index contributed by atoms with van der Waals surface area (Å²) in [6.07, 6.45) is 23.4. The van der Waals surface area contributed by atoms with Crippen molar-refractivity contribution in [3.63, 3.8) is 0 Å². The van der Waals surface area contributed by atoms with Gasteiger partial charge in [0.2, 0.25) is 0 Å². The van der Waals surface area contributed by atoms with Crippen LogP contribution >= 0.6 is 0 Å². The van der Waals surface area contributed by atoms with Crippen LogP contribution in [0.4, 0.5) is 0 Å². The first-order chi connectivity index (χ1) is 19.4. The van der Waals surface area contributed by atoms with Crippen molar-refractivity contribution < 1.29 is 0 Å². The number of fused-ring (bicyclic) bond motifs is 4. The second-order valence-electron chi connectivity index (χ2n) is 15.9. The first-order valence-electron chi connectivity index (χ1n) is 18.4. The van der Waals surface area contributed by atoms with Gasteiger partial charge in [0, 0.05) is 37.3 Å². The highest BCUT2D eigenvalue weighted by Crippen LogP contribution is 2.32. The van der Waals surface area contributed by atoms with Crippen LogP contribution in [0.1, 0.15) is 130 Å². The summed E-state index contributed by atoms with van der Waals surface area (Å²) in [6.45, 7) is 20.6. The zero-order valence-corrected chi connectivity index (χ0v) is 27.4. The largest absolute Gasteiger partial charge is 0.300 e. The molecule has 0 aromatic rings. The van der Waals surface area contributed by atoms with Crippen molar-refractivity contribution in [2.24, 2.45) is 23.7 Å². The summed E-state index contributed by atoms with van der Waals surface area (Å²) in [5.74, 6) is 3.95. The number of piperidine rings is 4. The molecule has 40 heavy (non-hydrogen) atoms. The zero-order valence-electron chi connectivity index (χ0n) is 27.4. The van der Waals surface area contributed by atoms with Crippen LogP contribution in [0.2, 0.25) is 0 Å². The lowest BCUT2D eigenvalue weighted by Crippen LogP contribution is -2.44. The Kier molecular flexibility index (Phi) is 12.1. The van der Waals surface area contributed by atoms with Crippen molar-refractivity contribution in [2.75, 3.05) is 52.4 Å². The van der Waals surface area contributed by atoms with E-state index in [1.54, 1.807) is 0 Å². The van der Waals surface area contributed by atoms with Crippen LogP contribution in [-0.2, 0) is 0 Å². The maximum absolute atomic E-state index is 2.71. The van der Waals surface area contributed by atoms with Gasteiger partial charge in [-0.15, -0.1) is 0 Å². The van der Waals surface area contributed by atoms with Gasteiger partial charge in [-0.05, 0) is 153 Å². The Hall–Kier alpha value is -0.160. The molecule has 8 unspecified atom stereocenters. The van der Waals surface area contributed by atoms with E-state index in [1.807, 2.05) is 0 Å². The molecule has 4 heteroatoms. The Labute approximate surface area is 250 Å². The van der Waals surface area contributed by atoms with Crippen LogP contribution < -0.4 is 0 Å². The molecule has 8 aliphatic heterocycles. The molecule has 8 rings (SSSR count). The van der Waals surface area contributed by atoms with Gasteiger partial charge in [0.1, 0.15) is 0 Å². The highest BCUT2D eigenvalue weighted by atomic mass is 15.2. The second kappa shape index (κ2) is 15.5. The van der Waals surface area contributed by atoms with Gasteiger partial charge in [0.15, 0.2) is 0 Å². The van der Waals surface area contributed by atoms with Gasteiger partial charge < -0.3 is 19.6 Å². The molecule has 0 aromatic heterocycles. The topological polar surface area (TPSA) is 13.0 Å². The molecule has 8 aliphatic rings. The Morgan fingerprint density at radius 3 is 1.15 bits per heavy atom. The average Bonchev–Trinajstić information content (AvgIpc) is 3.73. The van der Waals surface area contributed by atoms with Crippen molar-refractivity contribution >= 4 is 0 Å². The fourth-order valence-electron chi connectivity index (χ4n) is 9.86. The van der Waals surface area contributed by atoms with Crippen LogP contribution in [0.3, 0.4) is 0 Å². The summed E-state index contributed by atoms with van der Waals surface area (Å²) in [7, 11) is 0. The lowest BCUT2D eigenvalue weighted by Gasteiger charge is -2.41. The fraction of sp³-hybridized carbons (Fsp3) is 1.00. The average molecular weight is 557 g/mol. The lowest BCUT2D eigenvalue weighted by atomic mass is 9.87. The molecule has 0 amide bonds. The maximum atomic E-state index is 2.71. The van der Waals surface area contributed by atoms with Crippen LogP contribution in [0, 0.1) is 23.7 Å². The van der Waals surface area contributed by atoms with Gasteiger partial charge in [-0.2, -0.15) is 0 Å². The monoisotopic (exact) mass is 557 g/mol. The molecule has 8 fully saturated rings. The number of nitrogens with zero attached hydrogens (tertiary/aromatic N) is 4. The van der Waals surface area contributed by atoms with E-state index in [0.29, 0.717) is 0 Å². The van der Waals surface area contributed by atoms with E-state index < -0.39 is 0 Å². The van der Waals surface area contributed by atoms with Crippen molar-refractivity contribution in [2.45, 2.75) is 155 Å². The normalized spacial score (nSPS) is 41.7. The minimum absolute atomic E-state index is 0.965. The molecule has 0 bridgehead atoms. The highest BCUT2D eigenvalue weighted by molar-refractivity contribution is 4.88. The Bertz CT molecular complexity index is 702. The third kappa shape index (κ3) is 8.93. The molecule has 0 radical (unpaired) electrons. The quantitative estimate of drug-likeness (QED) is 0.306. The van der Waals surface area contributed by atoms with E-state index >= 15 is 0 Å². The first kappa shape index (κ1) is 31.3. The van der Waals surface area contributed by atoms with Gasteiger partial charge in [-0.3, -0.25) is 0 Å². The molecule has 8 heterocycles. The number of hydrogen-bond acceptors (Lipinski definition) is 4. The molecule has 0 aromatic carbocycles. The molecule has 0 N–H and O–H groups in total. The molecule has 232 valence electrons. The Morgan fingerprint density at radius 2 is 0.675 bits per heavy atom. The van der Waals surface area contributed by atoms with Crippen LogP contribution in [0.5, 0.6) is 0 Å². The van der Waals surface area contributed by atoms with Gasteiger partial charge in [0.05, 0.1) is 0 Å². The van der Waals surface area contributed by atoms with E-state index in [1.165, 1.54) is 155 Å². The van der Waals surface area contributed by atoms with Crippen molar-refractivity contribution in [3.8, 4) is 0 Å². The highest BCUT2D eigenvalue weighted by Gasteiger charge is 2.33. The summed E-state index contributed by atoms with van der Waals surface area (Å²) in [5.41, 5.74) is 0. The van der Waals surface area contributed by atoms with E-state index in [4.69, 9.17) is 0 Å². The minimum Gasteiger partial charge on any atom is -0.300 e. The van der Waals surface area contributed by atoms with Crippen molar-refractivity contribution in [1.82, 2.24) is 19.6 Å². The van der Waals surface area contributed by atoms with Crippen LogP contribution in [0.15, 0.2) is 0 Å². The molecular weight excluding hydrogens is 488 g/mol. The van der Waals surface area contributed by atoms with E-state index in [2.05, 4.69) is 47.3 Å². The van der Waals surface area contributed by atoms with Gasteiger partial charge in [0.25, 0.3) is 0 Å². The summed E-state index contributed by atoms with van der Waals surface area (Å²) in [6, 6.07) is 3.90. The number of rotatable bonds is 0. The van der Waals surface area contributed by atoms with Gasteiger partial charge >= 0.3 is 0 Å². The summed E-state index contributed by atoms with van der Waals surface area (Å²) in [5, 5.41) is 0. The van der Waals surface area contributed by atoms with Crippen LogP contribution in [-0.4, -0.2) is 96.1 Å². The third-order valence-corrected chi connectivity index (χ3v) is 12.1. The SMILES string of the molecule is CC1CC2CCCCN2C1.CC1CC2CCCN2C1.CC1CCN2CCCC2C1.CC1CCN2CCCCC2C1. The number of hydrogen-bond donors (Lipinski definition) is 0. The summed E-state index contributed by atoms with van der Waals surface area (Å²) < 4.78 is 0. The molecule has 8 saturated heterocycles. The van der Waals surface area contributed by atoms with E-state index in [9.17, 15) is 0 Å². The minimum atomic E-state index is 0.965. The fourth-order valence-corrected chi connectivity index (χ4v) is 9.86. The van der Waals surface area contributed by atoms with E-state index in [-0.39, 0.29) is 0 Å². The summed E-state index contributed by atoms with van der Waals surface area (Å²) in [4.78, 5) is 10.7. The van der Waals surface area contributed by atoms with Crippen LogP contribution in [0.25, 0.3) is 0 Å². The van der Waals surface area contributed by atoms with Gasteiger partial charge in [-0.1, -0.05) is 40.5 Å². The molecule has 4 nitrogen and oxygen atoms in total. The predicted octanol–water partition coefficient (Wildman–Crippen LogP) is 7.52. The molecule has 0 spiro atoms. The standard InChI is InChI=1S/C10H19N.2C9H17N.C8H15N/c1-9-5-7-11-6-3-2-4-10(11)8-9;1-8-4-6-10-5-2-3-9(10)7-8;1-8-6-9-4-2-3-5-10(9)7-8;1-7-5-8-3-2-4-9(8)6-7/h9-10H,2-8H2,1H3;2*8-9H,2-7H2,1H3;7-8H,2-6H2,1H3. The molecule has 0 aliphatic carbocycles. The van der Waals surface area contributed by atoms with Crippen molar-refractivity contribution in [1.29, 1.82) is 0 Å². The summed E-state index contributed by atoms with van der Waals surface area (Å²) >= 11 is 0. The van der Waals surface area contributed by atoms with Gasteiger partial charge in [-0.25, -0.2) is 0 Å². The first-order valence-corrected chi connectivity index (χ1v) is 18.4. The third-order valence-electron chi connectivity index (χ3n) is 12.1.